The molecule has 9 heteroatoms. The number of nitrogens with two attached hydrogens (primary N) is 1. The van der Waals surface area contributed by atoms with Crippen LogP contribution in [0.5, 0.6) is 0 Å². The normalized spacial score (nSPS) is 12.4. The first kappa shape index (κ1) is 17.8. The Hall–Kier alpha value is -1.22. The molecule has 0 aliphatic carbocycles. The molecule has 0 unspecified atom stereocenters. The molecule has 2 aromatic rings. The fourth-order valence-corrected chi connectivity index (χ4v) is 2.82. The zero-order valence-electron chi connectivity index (χ0n) is 12.1. The van der Waals surface area contributed by atoms with Crippen molar-refractivity contribution >= 4 is 33.5 Å². The molecular formula is C12H19ClN4O3S. The van der Waals surface area contributed by atoms with E-state index in [9.17, 15) is 8.42 Å². The van der Waals surface area contributed by atoms with Gasteiger partial charge in [-0.1, -0.05) is 12.1 Å². The molecule has 21 heavy (non-hydrogen) atoms. The van der Waals surface area contributed by atoms with Crippen LogP contribution in [-0.2, 0) is 16.4 Å². The molecule has 0 saturated heterocycles. The Kier molecular flexibility index (Phi) is 5.32. The fourth-order valence-electron chi connectivity index (χ4n) is 1.63. The van der Waals surface area contributed by atoms with Crippen LogP contribution >= 0.6 is 12.4 Å². The SMILES string of the molecule is CCc1noc2ncc(S(=O)(=O)NCC(C)(C)N)cc12.Cl. The quantitative estimate of drug-likeness (QED) is 0.850. The summed E-state index contributed by atoms with van der Waals surface area (Å²) in [5.41, 5.74) is 6.16. The van der Waals surface area contributed by atoms with E-state index in [4.69, 9.17) is 10.3 Å². The summed E-state index contributed by atoms with van der Waals surface area (Å²) in [5, 5.41) is 4.46. The Bertz CT molecular complexity index is 722. The van der Waals surface area contributed by atoms with E-state index < -0.39 is 15.6 Å². The van der Waals surface area contributed by atoms with Crippen LogP contribution in [0.3, 0.4) is 0 Å². The number of hydrogen-bond acceptors (Lipinski definition) is 6. The average Bonchev–Trinajstić information content (AvgIpc) is 2.78. The average molecular weight is 335 g/mol. The Morgan fingerprint density at radius 3 is 2.67 bits per heavy atom. The molecule has 7 nitrogen and oxygen atoms in total. The maximum Gasteiger partial charge on any atom is 0.258 e. The van der Waals surface area contributed by atoms with Crippen LogP contribution in [0, 0.1) is 0 Å². The zero-order chi connectivity index (χ0) is 15.0. The number of pyridine rings is 1. The van der Waals surface area contributed by atoms with Crippen molar-refractivity contribution in [1.82, 2.24) is 14.9 Å². The second-order valence-corrected chi connectivity index (χ2v) is 7.09. The lowest BCUT2D eigenvalue weighted by Crippen LogP contribution is -2.45. The van der Waals surface area contributed by atoms with Gasteiger partial charge in [0.05, 0.1) is 17.3 Å². The van der Waals surface area contributed by atoms with Gasteiger partial charge in [0.15, 0.2) is 0 Å². The molecule has 0 atom stereocenters. The number of rotatable bonds is 5. The van der Waals surface area contributed by atoms with Gasteiger partial charge in [0.1, 0.15) is 4.90 Å². The summed E-state index contributed by atoms with van der Waals surface area (Å²) in [7, 11) is -3.65. The number of nitrogens with zero attached hydrogens (tertiary/aromatic N) is 2. The highest BCUT2D eigenvalue weighted by atomic mass is 35.5. The van der Waals surface area contributed by atoms with Crippen molar-refractivity contribution in [3.05, 3.63) is 18.0 Å². The minimum atomic E-state index is -3.65. The van der Waals surface area contributed by atoms with Gasteiger partial charge in [-0.15, -0.1) is 12.4 Å². The van der Waals surface area contributed by atoms with Gasteiger partial charge in [0.2, 0.25) is 10.0 Å². The van der Waals surface area contributed by atoms with Crippen molar-refractivity contribution in [3.63, 3.8) is 0 Å². The lowest BCUT2D eigenvalue weighted by Gasteiger charge is -2.18. The van der Waals surface area contributed by atoms with Crippen LogP contribution in [-0.4, -0.2) is 30.6 Å². The minimum Gasteiger partial charge on any atom is -0.336 e. The minimum absolute atomic E-state index is 0. The van der Waals surface area contributed by atoms with Crippen LogP contribution in [0.1, 0.15) is 26.5 Å². The summed E-state index contributed by atoms with van der Waals surface area (Å²) in [6.45, 7) is 5.53. The standard InChI is InChI=1S/C12H18N4O3S.ClH/c1-4-10-9-5-8(6-14-11(9)19-16-10)20(17,18)15-7-12(2,3)13;/h5-6,15H,4,7,13H2,1-3H3;1H. The molecule has 2 heterocycles. The van der Waals surface area contributed by atoms with Crippen LogP contribution < -0.4 is 10.5 Å². The number of hydrogen-bond donors (Lipinski definition) is 2. The van der Waals surface area contributed by atoms with Crippen molar-refractivity contribution in [2.24, 2.45) is 5.73 Å². The second kappa shape index (κ2) is 6.27. The number of aromatic nitrogens is 2. The van der Waals surface area contributed by atoms with Gasteiger partial charge < -0.3 is 10.3 Å². The number of nitrogens with one attached hydrogen (secondary N) is 1. The highest BCUT2D eigenvalue weighted by Gasteiger charge is 2.20. The molecule has 0 bridgehead atoms. The van der Waals surface area contributed by atoms with Crippen molar-refractivity contribution in [3.8, 4) is 0 Å². The molecule has 0 spiro atoms. The van der Waals surface area contributed by atoms with Crippen LogP contribution in [0.4, 0.5) is 0 Å². The first-order chi connectivity index (χ1) is 9.23. The first-order valence-corrected chi connectivity index (χ1v) is 7.74. The molecule has 0 aromatic carbocycles. The molecule has 2 rings (SSSR count). The van der Waals surface area contributed by atoms with Crippen LogP contribution in [0.15, 0.2) is 21.7 Å². The van der Waals surface area contributed by atoms with Crippen molar-refractivity contribution < 1.29 is 12.9 Å². The Morgan fingerprint density at radius 1 is 1.43 bits per heavy atom. The number of halogens is 1. The third-order valence-corrected chi connectivity index (χ3v) is 4.11. The number of sulfonamides is 1. The molecule has 0 amide bonds. The van der Waals surface area contributed by atoms with Gasteiger partial charge in [0.25, 0.3) is 5.71 Å². The fraction of sp³-hybridized carbons (Fsp3) is 0.500. The van der Waals surface area contributed by atoms with E-state index in [0.29, 0.717) is 23.2 Å². The monoisotopic (exact) mass is 334 g/mol. The lowest BCUT2D eigenvalue weighted by atomic mass is 10.1. The van der Waals surface area contributed by atoms with Gasteiger partial charge in [-0.05, 0) is 26.3 Å². The van der Waals surface area contributed by atoms with Gasteiger partial charge in [0, 0.05) is 12.1 Å². The van der Waals surface area contributed by atoms with E-state index in [-0.39, 0.29) is 23.8 Å². The summed E-state index contributed by atoms with van der Waals surface area (Å²) >= 11 is 0. The molecule has 0 aliphatic rings. The van der Waals surface area contributed by atoms with Crippen molar-refractivity contribution in [2.45, 2.75) is 37.6 Å². The molecular weight excluding hydrogens is 316 g/mol. The Balaban J connectivity index is 0.00000220. The second-order valence-electron chi connectivity index (χ2n) is 5.32. The Morgan fingerprint density at radius 2 is 2.10 bits per heavy atom. The molecule has 0 radical (unpaired) electrons. The summed E-state index contributed by atoms with van der Waals surface area (Å²) in [6.07, 6.45) is 1.89. The van der Waals surface area contributed by atoms with Crippen LogP contribution in [0.25, 0.3) is 11.1 Å². The summed E-state index contributed by atoms with van der Waals surface area (Å²) in [5.74, 6) is 0. The third kappa shape index (κ3) is 4.13. The van der Waals surface area contributed by atoms with Gasteiger partial charge in [-0.3, -0.25) is 0 Å². The molecule has 0 fully saturated rings. The van der Waals surface area contributed by atoms with Gasteiger partial charge in [-0.25, -0.2) is 18.1 Å². The number of fused-ring (bicyclic) bond motifs is 1. The Labute approximate surface area is 129 Å². The van der Waals surface area contributed by atoms with E-state index in [1.54, 1.807) is 13.8 Å². The molecule has 0 saturated carbocycles. The highest BCUT2D eigenvalue weighted by molar-refractivity contribution is 7.89. The van der Waals surface area contributed by atoms with Crippen molar-refractivity contribution in [2.75, 3.05) is 6.54 Å². The topological polar surface area (TPSA) is 111 Å². The van der Waals surface area contributed by atoms with Gasteiger partial charge in [-0.2, -0.15) is 0 Å². The van der Waals surface area contributed by atoms with E-state index in [0.717, 1.165) is 0 Å². The predicted molar refractivity (Wildman–Crippen MR) is 81.9 cm³/mol. The van der Waals surface area contributed by atoms with E-state index in [1.807, 2.05) is 6.92 Å². The van der Waals surface area contributed by atoms with Gasteiger partial charge >= 0.3 is 0 Å². The lowest BCUT2D eigenvalue weighted by molar-refractivity contribution is 0.439. The zero-order valence-corrected chi connectivity index (χ0v) is 13.7. The predicted octanol–water partition coefficient (Wildman–Crippen LogP) is 1.22. The summed E-state index contributed by atoms with van der Waals surface area (Å²) in [6, 6.07) is 1.52. The molecule has 0 aliphatic heterocycles. The van der Waals surface area contributed by atoms with Crippen molar-refractivity contribution in [1.29, 1.82) is 0 Å². The first-order valence-electron chi connectivity index (χ1n) is 6.26. The van der Waals surface area contributed by atoms with Crippen LogP contribution in [0.2, 0.25) is 0 Å². The van der Waals surface area contributed by atoms with E-state index >= 15 is 0 Å². The maximum absolute atomic E-state index is 12.2. The third-order valence-electron chi connectivity index (χ3n) is 2.74. The molecule has 2 aromatic heterocycles. The number of aryl methyl sites for hydroxylation is 1. The largest absolute Gasteiger partial charge is 0.336 e. The molecule has 3 N–H and O–H groups in total. The van der Waals surface area contributed by atoms with E-state index in [1.165, 1.54) is 12.3 Å². The summed E-state index contributed by atoms with van der Waals surface area (Å²) < 4.78 is 31.9. The van der Waals surface area contributed by atoms with E-state index in [2.05, 4.69) is 14.9 Å². The summed E-state index contributed by atoms with van der Waals surface area (Å²) in [4.78, 5) is 4.06. The smallest absolute Gasteiger partial charge is 0.258 e. The molecule has 118 valence electrons. The highest BCUT2D eigenvalue weighted by Crippen LogP contribution is 2.20. The maximum atomic E-state index is 12.2.